The number of hydrogen-bond acceptors (Lipinski definition) is 3. The Balaban J connectivity index is 1.94. The van der Waals surface area contributed by atoms with Crippen molar-refractivity contribution in [3.8, 4) is 0 Å². The van der Waals surface area contributed by atoms with Crippen molar-refractivity contribution in [1.82, 2.24) is 10.3 Å². The largest absolute Gasteiger partial charge is 0.383 e. The molecular formula is C13H12BrFN4O. The minimum Gasteiger partial charge on any atom is -0.383 e. The van der Waals surface area contributed by atoms with Crippen LogP contribution < -0.4 is 16.4 Å². The van der Waals surface area contributed by atoms with E-state index in [1.807, 2.05) is 0 Å². The van der Waals surface area contributed by atoms with Gasteiger partial charge in [0, 0.05) is 28.5 Å². The summed E-state index contributed by atoms with van der Waals surface area (Å²) in [6.45, 7) is 0.222. The summed E-state index contributed by atoms with van der Waals surface area (Å²) in [5.74, 6) is -0.0671. The lowest BCUT2D eigenvalue weighted by Gasteiger charge is -2.09. The van der Waals surface area contributed by atoms with Crippen molar-refractivity contribution >= 4 is 33.5 Å². The molecule has 0 unspecified atom stereocenters. The van der Waals surface area contributed by atoms with Crippen LogP contribution in [0.25, 0.3) is 0 Å². The van der Waals surface area contributed by atoms with E-state index in [9.17, 15) is 9.18 Å². The summed E-state index contributed by atoms with van der Waals surface area (Å²) >= 11 is 3.28. The van der Waals surface area contributed by atoms with Crippen LogP contribution in [-0.4, -0.2) is 11.0 Å². The molecule has 1 aromatic heterocycles. The van der Waals surface area contributed by atoms with Gasteiger partial charge >= 0.3 is 6.03 Å². The van der Waals surface area contributed by atoms with Gasteiger partial charge in [-0.05, 0) is 40.2 Å². The highest BCUT2D eigenvalue weighted by Gasteiger charge is 2.05. The molecule has 7 heteroatoms. The summed E-state index contributed by atoms with van der Waals surface area (Å²) < 4.78 is 13.7. The molecule has 1 aromatic carbocycles. The molecule has 0 spiro atoms. The Bertz CT molecular complexity index is 636. The standard InChI is InChI=1S/C13H12BrFN4O/c14-9-4-8(12(16)17-7-9)6-18-13(20)19-11-3-1-2-10(15)5-11/h1-5,7H,6H2,(H2,16,17)(H2,18,19,20). The van der Waals surface area contributed by atoms with Crippen LogP contribution in [0, 0.1) is 5.82 Å². The normalized spacial score (nSPS) is 10.1. The van der Waals surface area contributed by atoms with Crippen molar-refractivity contribution in [3.05, 3.63) is 52.4 Å². The number of halogens is 2. The molecule has 0 saturated heterocycles. The first-order valence-corrected chi connectivity index (χ1v) is 6.54. The Labute approximate surface area is 123 Å². The van der Waals surface area contributed by atoms with Gasteiger partial charge in [-0.3, -0.25) is 0 Å². The maximum absolute atomic E-state index is 13.0. The molecule has 4 N–H and O–H groups in total. The number of nitrogens with zero attached hydrogens (tertiary/aromatic N) is 1. The molecule has 2 aromatic rings. The third kappa shape index (κ3) is 3.92. The third-order valence-corrected chi connectivity index (χ3v) is 2.92. The number of rotatable bonds is 3. The van der Waals surface area contributed by atoms with E-state index in [4.69, 9.17) is 5.73 Å². The highest BCUT2D eigenvalue weighted by molar-refractivity contribution is 9.10. The fourth-order valence-corrected chi connectivity index (χ4v) is 1.93. The number of pyridine rings is 1. The van der Waals surface area contributed by atoms with Gasteiger partial charge in [0.25, 0.3) is 0 Å². The van der Waals surface area contributed by atoms with Crippen molar-refractivity contribution in [1.29, 1.82) is 0 Å². The second-order valence-electron chi connectivity index (χ2n) is 4.02. The number of carbonyl (C=O) groups excluding carboxylic acids is 1. The number of aromatic nitrogens is 1. The first-order valence-electron chi connectivity index (χ1n) is 5.75. The molecule has 20 heavy (non-hydrogen) atoms. The second-order valence-corrected chi connectivity index (χ2v) is 4.93. The molecule has 0 radical (unpaired) electrons. The zero-order valence-corrected chi connectivity index (χ0v) is 11.9. The van der Waals surface area contributed by atoms with Crippen LogP contribution in [0.1, 0.15) is 5.56 Å². The Morgan fingerprint density at radius 2 is 2.20 bits per heavy atom. The predicted octanol–water partition coefficient (Wildman–Crippen LogP) is 2.89. The molecule has 5 nitrogen and oxygen atoms in total. The van der Waals surface area contributed by atoms with Gasteiger partial charge in [-0.2, -0.15) is 0 Å². The lowest BCUT2D eigenvalue weighted by Crippen LogP contribution is -2.28. The van der Waals surface area contributed by atoms with Crippen LogP contribution in [0.15, 0.2) is 41.0 Å². The number of amides is 2. The van der Waals surface area contributed by atoms with Crippen LogP contribution in [0.2, 0.25) is 0 Å². The van der Waals surface area contributed by atoms with Crippen LogP contribution in [0.4, 0.5) is 20.7 Å². The number of urea groups is 1. The van der Waals surface area contributed by atoms with Gasteiger partial charge in [0.05, 0.1) is 0 Å². The quantitative estimate of drug-likeness (QED) is 0.804. The summed E-state index contributed by atoms with van der Waals surface area (Å²) in [6.07, 6.45) is 1.58. The molecule has 0 fully saturated rings. The van der Waals surface area contributed by atoms with Crippen molar-refractivity contribution in [2.24, 2.45) is 0 Å². The Hall–Kier alpha value is -2.15. The highest BCUT2D eigenvalue weighted by atomic mass is 79.9. The molecule has 1 heterocycles. The molecule has 0 aliphatic rings. The fraction of sp³-hybridized carbons (Fsp3) is 0.0769. The fourth-order valence-electron chi connectivity index (χ4n) is 1.55. The first kappa shape index (κ1) is 14.3. The second kappa shape index (κ2) is 6.33. The van der Waals surface area contributed by atoms with E-state index in [2.05, 4.69) is 31.5 Å². The van der Waals surface area contributed by atoms with Crippen LogP contribution in [0.5, 0.6) is 0 Å². The van der Waals surface area contributed by atoms with Crippen molar-refractivity contribution in [2.45, 2.75) is 6.54 Å². The summed E-state index contributed by atoms with van der Waals surface area (Å²) in [6, 6.07) is 6.96. The Morgan fingerprint density at radius 3 is 2.95 bits per heavy atom. The van der Waals surface area contributed by atoms with Gasteiger partial charge in [0.2, 0.25) is 0 Å². The van der Waals surface area contributed by atoms with E-state index in [0.717, 1.165) is 4.47 Å². The summed E-state index contributed by atoms with van der Waals surface area (Å²) in [5, 5.41) is 5.15. The zero-order chi connectivity index (χ0) is 14.5. The van der Waals surface area contributed by atoms with Crippen LogP contribution >= 0.6 is 15.9 Å². The van der Waals surface area contributed by atoms with Crippen molar-refractivity contribution in [2.75, 3.05) is 11.1 Å². The average Bonchev–Trinajstić information content (AvgIpc) is 2.40. The molecule has 104 valence electrons. The Morgan fingerprint density at radius 1 is 1.40 bits per heavy atom. The van der Waals surface area contributed by atoms with E-state index in [1.54, 1.807) is 18.3 Å². The van der Waals surface area contributed by atoms with Crippen LogP contribution in [0.3, 0.4) is 0 Å². The van der Waals surface area contributed by atoms with Crippen molar-refractivity contribution in [3.63, 3.8) is 0 Å². The monoisotopic (exact) mass is 338 g/mol. The van der Waals surface area contributed by atoms with Gasteiger partial charge in [-0.1, -0.05) is 6.07 Å². The van der Waals surface area contributed by atoms with Gasteiger partial charge in [0.1, 0.15) is 11.6 Å². The molecule has 2 amide bonds. The van der Waals surface area contributed by atoms with Gasteiger partial charge in [-0.25, -0.2) is 14.2 Å². The molecule has 0 aliphatic carbocycles. The van der Waals surface area contributed by atoms with E-state index < -0.39 is 11.8 Å². The predicted molar refractivity (Wildman–Crippen MR) is 78.6 cm³/mol. The highest BCUT2D eigenvalue weighted by Crippen LogP contribution is 2.15. The minimum atomic E-state index is -0.449. The topological polar surface area (TPSA) is 80.0 Å². The van der Waals surface area contributed by atoms with E-state index >= 15 is 0 Å². The van der Waals surface area contributed by atoms with Crippen LogP contribution in [-0.2, 0) is 6.54 Å². The molecule has 0 bridgehead atoms. The summed E-state index contributed by atoms with van der Waals surface area (Å²) in [7, 11) is 0. The van der Waals surface area contributed by atoms with Gasteiger partial charge in [0.15, 0.2) is 0 Å². The minimum absolute atomic E-state index is 0.222. The number of nitrogens with one attached hydrogen (secondary N) is 2. The summed E-state index contributed by atoms with van der Waals surface area (Å²) in [5.41, 5.74) is 6.76. The van der Waals surface area contributed by atoms with Crippen molar-refractivity contribution < 1.29 is 9.18 Å². The van der Waals surface area contributed by atoms with E-state index in [1.165, 1.54) is 18.2 Å². The molecule has 2 rings (SSSR count). The number of carbonyl (C=O) groups is 1. The Kier molecular flexibility index (Phi) is 4.52. The number of benzene rings is 1. The number of nitrogens with two attached hydrogens (primary N) is 1. The number of anilines is 2. The number of hydrogen-bond donors (Lipinski definition) is 3. The SMILES string of the molecule is Nc1ncc(Br)cc1CNC(=O)Nc1cccc(F)c1. The van der Waals surface area contributed by atoms with Gasteiger partial charge < -0.3 is 16.4 Å². The third-order valence-electron chi connectivity index (χ3n) is 2.49. The van der Waals surface area contributed by atoms with E-state index in [0.29, 0.717) is 17.1 Å². The maximum atomic E-state index is 13.0. The molecular weight excluding hydrogens is 327 g/mol. The van der Waals surface area contributed by atoms with E-state index in [-0.39, 0.29) is 6.54 Å². The molecule has 0 atom stereocenters. The zero-order valence-electron chi connectivity index (χ0n) is 10.4. The average molecular weight is 339 g/mol. The number of nitrogen functional groups attached to an aromatic ring is 1. The summed E-state index contributed by atoms with van der Waals surface area (Å²) in [4.78, 5) is 15.6. The first-order chi connectivity index (χ1) is 9.54. The lowest BCUT2D eigenvalue weighted by molar-refractivity contribution is 0.252. The van der Waals surface area contributed by atoms with Gasteiger partial charge in [-0.15, -0.1) is 0 Å². The maximum Gasteiger partial charge on any atom is 0.319 e. The molecule has 0 aliphatic heterocycles. The lowest BCUT2D eigenvalue weighted by atomic mass is 10.2. The smallest absolute Gasteiger partial charge is 0.319 e. The molecule has 0 saturated carbocycles.